The summed E-state index contributed by atoms with van der Waals surface area (Å²) in [6.45, 7) is 1.52. The average Bonchev–Trinajstić information content (AvgIpc) is 3.71. The Kier molecular flexibility index (Phi) is 18.3. The summed E-state index contributed by atoms with van der Waals surface area (Å²) in [4.78, 5) is 3.47. The molecule has 12 unspecified atom stereocenters. The van der Waals surface area contributed by atoms with Crippen LogP contribution < -0.4 is 0 Å². The molecule has 15 aliphatic rings. The molecule has 12 atom stereocenters. The molecule has 15 rings (SSSR count). The van der Waals surface area contributed by atoms with E-state index in [-0.39, 0.29) is 0 Å². The smallest absolute Gasteiger partial charge is 0.00985 e. The molecule has 0 spiro atoms. The van der Waals surface area contributed by atoms with Crippen LogP contribution in [0, 0.1) is 148 Å². The lowest BCUT2D eigenvalue weighted by atomic mass is 9.45. The van der Waals surface area contributed by atoms with Crippen LogP contribution in [-0.4, -0.2) is 23.5 Å². The normalized spacial score (nSPS) is 50.2. The molecule has 15 saturated carbocycles. The maximum atomic E-state index is 3.47. The summed E-state index contributed by atoms with van der Waals surface area (Å²) in [6, 6.07) is 1.82. The van der Waals surface area contributed by atoms with E-state index < -0.39 is 0 Å². The van der Waals surface area contributed by atoms with E-state index in [1.54, 1.807) is 327 Å². The van der Waals surface area contributed by atoms with Gasteiger partial charge in [-0.25, -0.2) is 0 Å². The number of hydrogen-bond donors (Lipinski definition) is 0. The minimum Gasteiger partial charge on any atom is -0.297 e. The topological polar surface area (TPSA) is 3.24 Å². The van der Waals surface area contributed by atoms with Crippen molar-refractivity contribution in [2.75, 3.05) is 6.54 Å². The second kappa shape index (κ2) is 26.0. The van der Waals surface area contributed by atoms with E-state index in [9.17, 15) is 0 Å². The van der Waals surface area contributed by atoms with E-state index in [2.05, 4.69) is 4.90 Å². The van der Waals surface area contributed by atoms with Gasteiger partial charge in [0.15, 0.2) is 0 Å². The van der Waals surface area contributed by atoms with Crippen LogP contribution in [0.3, 0.4) is 0 Å². The van der Waals surface area contributed by atoms with Crippen molar-refractivity contribution in [2.45, 2.75) is 340 Å². The van der Waals surface area contributed by atoms with E-state index in [0.29, 0.717) is 0 Å². The van der Waals surface area contributed by atoms with Crippen molar-refractivity contribution in [1.82, 2.24) is 4.90 Å². The molecule has 0 saturated heterocycles. The Bertz CT molecular complexity index is 1730. The summed E-state index contributed by atoms with van der Waals surface area (Å²) in [5.74, 6) is 27.6. The molecule has 0 bridgehead atoms. The Morgan fingerprint density at radius 1 is 0.163 bits per heavy atom. The number of fused-ring (bicyclic) bond motifs is 6. The predicted molar refractivity (Wildman–Crippen MR) is 337 cm³/mol. The highest BCUT2D eigenvalue weighted by molar-refractivity contribution is 5.08. The minimum absolute atomic E-state index is 0.908. The molecular weight excluding hydrogens is 963 g/mol. The fourth-order valence-electron chi connectivity index (χ4n) is 29.8. The average molecular weight is 1090 g/mol. The van der Waals surface area contributed by atoms with Crippen LogP contribution in [0.15, 0.2) is 0 Å². The molecule has 0 heterocycles. The molecule has 452 valence electrons. The molecule has 15 aliphatic carbocycles. The first kappa shape index (κ1) is 56.5. The summed E-state index contributed by atoms with van der Waals surface area (Å²) in [7, 11) is 0. The molecule has 0 aromatic rings. The fraction of sp³-hybridized carbons (Fsp3) is 1.00. The fourth-order valence-corrected chi connectivity index (χ4v) is 29.8. The van der Waals surface area contributed by atoms with Crippen LogP contribution in [0.25, 0.3) is 0 Å². The first-order valence-corrected chi connectivity index (χ1v) is 39.5. The van der Waals surface area contributed by atoms with Gasteiger partial charge in [-0.1, -0.05) is 173 Å². The lowest BCUT2D eigenvalue weighted by Crippen LogP contribution is -2.55. The lowest BCUT2D eigenvalue weighted by molar-refractivity contribution is -0.118. The van der Waals surface area contributed by atoms with E-state index in [0.717, 1.165) is 160 Å². The van der Waals surface area contributed by atoms with Crippen molar-refractivity contribution in [3.63, 3.8) is 0 Å². The quantitative estimate of drug-likeness (QED) is 0.211. The van der Waals surface area contributed by atoms with Crippen molar-refractivity contribution in [2.24, 2.45) is 148 Å². The SMILES string of the molecule is C1CCC(C2C3CCCCC3C(C3CCC(CN(C4CCC(C5C6CCCCC6C(C6CCCCC6)C6CCCCC65)CC4)C4CCC(C5C6CCCCC6C(C6CCCCC6)C6CCCCC65)CC4)CC3)C3CCCCC32)CC1. The molecule has 0 aromatic heterocycles. The van der Waals surface area contributed by atoms with Gasteiger partial charge in [0.2, 0.25) is 0 Å². The third-order valence-corrected chi connectivity index (χ3v) is 32.2. The summed E-state index contributed by atoms with van der Waals surface area (Å²) >= 11 is 0. The third-order valence-electron chi connectivity index (χ3n) is 32.2. The standard InChI is InChI=1S/C79H131N/c1-4-22-54(23-5-1)74-62-28-10-16-34-68(62)77(69-35-17-11-29-63(69)74)57-42-40-53(41-43-57)52-80(60-48-44-58(45-49-60)78-70-36-18-12-30-64(70)75(55-24-6-2-7-25-55)65-31-13-19-37-71(65)78)61-50-46-59(47-51-61)79-72-38-20-14-32-66(72)76(56-26-8-3-9-27-56)67-33-15-21-39-73(67)79/h53-79H,1-52H2. The zero-order valence-corrected chi connectivity index (χ0v) is 52.8. The van der Waals surface area contributed by atoms with Gasteiger partial charge in [0.1, 0.15) is 0 Å². The third kappa shape index (κ3) is 11.1. The zero-order valence-electron chi connectivity index (χ0n) is 52.8. The molecule has 0 N–H and O–H groups in total. The van der Waals surface area contributed by atoms with Gasteiger partial charge in [-0.05, 0) is 302 Å². The van der Waals surface area contributed by atoms with Gasteiger partial charge >= 0.3 is 0 Å². The molecule has 0 aromatic carbocycles. The number of hydrogen-bond acceptors (Lipinski definition) is 1. The van der Waals surface area contributed by atoms with E-state index >= 15 is 0 Å². The Labute approximate surface area is 496 Å². The van der Waals surface area contributed by atoms with Gasteiger partial charge in [-0.2, -0.15) is 0 Å². The van der Waals surface area contributed by atoms with Crippen LogP contribution in [0.1, 0.15) is 327 Å². The molecule has 0 radical (unpaired) electrons. The maximum Gasteiger partial charge on any atom is 0.00985 e. The van der Waals surface area contributed by atoms with Crippen molar-refractivity contribution >= 4 is 0 Å². The summed E-state index contributed by atoms with van der Waals surface area (Å²) < 4.78 is 0. The first-order valence-electron chi connectivity index (χ1n) is 39.5. The van der Waals surface area contributed by atoms with Crippen molar-refractivity contribution in [3.8, 4) is 0 Å². The largest absolute Gasteiger partial charge is 0.297 e. The Morgan fingerprint density at radius 2 is 0.338 bits per heavy atom. The number of rotatable bonds is 10. The molecule has 15 fully saturated rings. The highest BCUT2D eigenvalue weighted by Gasteiger charge is 2.59. The van der Waals surface area contributed by atoms with Crippen molar-refractivity contribution in [3.05, 3.63) is 0 Å². The van der Waals surface area contributed by atoms with Crippen LogP contribution in [0.5, 0.6) is 0 Å². The lowest BCUT2D eigenvalue weighted by Gasteiger charge is -2.61. The summed E-state index contributed by atoms with van der Waals surface area (Å²) in [5.41, 5.74) is 0. The Morgan fingerprint density at radius 3 is 0.550 bits per heavy atom. The highest BCUT2D eigenvalue weighted by atomic mass is 15.2. The van der Waals surface area contributed by atoms with E-state index in [1.165, 1.54) is 6.54 Å². The zero-order chi connectivity index (χ0) is 52.9. The molecule has 80 heavy (non-hydrogen) atoms. The highest BCUT2D eigenvalue weighted by Crippen LogP contribution is 2.66. The van der Waals surface area contributed by atoms with Gasteiger partial charge in [0.25, 0.3) is 0 Å². The maximum absolute atomic E-state index is 3.47. The van der Waals surface area contributed by atoms with Gasteiger partial charge in [0.05, 0.1) is 0 Å². The monoisotopic (exact) mass is 1090 g/mol. The predicted octanol–water partition coefficient (Wildman–Crippen LogP) is 22.5. The summed E-state index contributed by atoms with van der Waals surface area (Å²) in [5, 5.41) is 0. The Balaban J connectivity index is 0.662. The molecule has 1 heteroatoms. The van der Waals surface area contributed by atoms with Crippen LogP contribution in [0.2, 0.25) is 0 Å². The molecule has 1 nitrogen and oxygen atoms in total. The molecular formula is C79H131N. The van der Waals surface area contributed by atoms with E-state index in [4.69, 9.17) is 0 Å². The van der Waals surface area contributed by atoms with Gasteiger partial charge in [-0.15, -0.1) is 0 Å². The van der Waals surface area contributed by atoms with Crippen LogP contribution in [0.4, 0.5) is 0 Å². The van der Waals surface area contributed by atoms with Crippen LogP contribution in [-0.2, 0) is 0 Å². The van der Waals surface area contributed by atoms with Gasteiger partial charge in [0, 0.05) is 18.6 Å². The van der Waals surface area contributed by atoms with Crippen molar-refractivity contribution < 1.29 is 0 Å². The number of nitrogens with zero attached hydrogens (tertiary/aromatic N) is 1. The minimum atomic E-state index is 0.908. The van der Waals surface area contributed by atoms with Gasteiger partial charge in [-0.3, -0.25) is 4.90 Å². The van der Waals surface area contributed by atoms with Crippen molar-refractivity contribution in [1.29, 1.82) is 0 Å². The first-order chi connectivity index (χ1) is 39.7. The van der Waals surface area contributed by atoms with E-state index in [1.807, 2.05) is 0 Å². The van der Waals surface area contributed by atoms with Crippen LogP contribution >= 0.6 is 0 Å². The summed E-state index contributed by atoms with van der Waals surface area (Å²) in [6.07, 6.45) is 81.6. The second-order valence-electron chi connectivity index (χ2n) is 34.9. The second-order valence-corrected chi connectivity index (χ2v) is 34.9. The Hall–Kier alpha value is -0.0400. The molecule has 0 aliphatic heterocycles. The molecule has 0 amide bonds. The van der Waals surface area contributed by atoms with Gasteiger partial charge < -0.3 is 0 Å².